The van der Waals surface area contributed by atoms with E-state index in [1.807, 2.05) is 0 Å². The maximum Gasteiger partial charge on any atom is 0.281 e. The molecule has 0 saturated carbocycles. The lowest BCUT2D eigenvalue weighted by Gasteiger charge is -2.03. The van der Waals surface area contributed by atoms with Crippen LogP contribution in [-0.2, 0) is 0 Å². The van der Waals surface area contributed by atoms with E-state index >= 15 is 0 Å². The Morgan fingerprint density at radius 2 is 1.77 bits per heavy atom. The molecule has 0 aliphatic rings. The topological polar surface area (TPSA) is 64.0 Å². The van der Waals surface area contributed by atoms with E-state index in [4.69, 9.17) is 0 Å². The van der Waals surface area contributed by atoms with Crippen molar-refractivity contribution in [1.29, 1.82) is 0 Å². The van der Waals surface area contributed by atoms with E-state index in [2.05, 4.69) is 10.4 Å². The molecule has 0 fully saturated rings. The first-order valence-electron chi connectivity index (χ1n) is 6.62. The molecule has 0 unspecified atom stereocenters. The fraction of sp³-hybridized carbons (Fsp3) is 0.0625. The van der Waals surface area contributed by atoms with E-state index < -0.39 is 17.6 Å². The maximum absolute atomic E-state index is 13.8. The fourth-order valence-corrected chi connectivity index (χ4v) is 2.26. The molecule has 3 rings (SSSR count). The summed E-state index contributed by atoms with van der Waals surface area (Å²) in [6.45, 7) is 0. The van der Waals surface area contributed by atoms with Crippen molar-refractivity contribution >= 4 is 22.7 Å². The predicted octanol–water partition coefficient (Wildman–Crippen LogP) is 2.22. The van der Waals surface area contributed by atoms with E-state index in [1.165, 1.54) is 25.2 Å². The quantitative estimate of drug-likeness (QED) is 0.789. The van der Waals surface area contributed by atoms with Crippen LogP contribution in [0.5, 0.6) is 0 Å². The summed E-state index contributed by atoms with van der Waals surface area (Å²) in [6.07, 6.45) is 0. The molecule has 0 saturated heterocycles. The smallest absolute Gasteiger partial charge is 0.281 e. The minimum absolute atomic E-state index is 0.0980. The second kappa shape index (κ2) is 5.40. The molecular weight excluding hydrogens is 285 g/mol. The number of nitrogens with zero attached hydrogens (tertiary/aromatic N) is 2. The normalized spacial score (nSPS) is 10.6. The van der Waals surface area contributed by atoms with Gasteiger partial charge in [0.2, 0.25) is 0 Å². The Kier molecular flexibility index (Phi) is 3.42. The lowest BCUT2D eigenvalue weighted by molar-refractivity contribution is 0.0941. The molecule has 0 atom stereocenters. The molecule has 0 aliphatic carbocycles. The largest absolute Gasteiger partial charge is 0.354 e. The highest BCUT2D eigenvalue weighted by Crippen LogP contribution is 2.20. The second-order valence-electron chi connectivity index (χ2n) is 4.64. The van der Waals surface area contributed by atoms with Crippen molar-refractivity contribution in [3.05, 3.63) is 65.6 Å². The number of carbonyl (C=O) groups is 2. The minimum atomic E-state index is -0.631. The van der Waals surface area contributed by atoms with Gasteiger partial charge in [0.05, 0.1) is 11.1 Å². The van der Waals surface area contributed by atoms with Crippen molar-refractivity contribution in [2.75, 3.05) is 7.05 Å². The van der Waals surface area contributed by atoms with Crippen LogP contribution in [0.4, 0.5) is 4.39 Å². The molecular formula is C16H12FN3O2. The van der Waals surface area contributed by atoms with E-state index in [-0.39, 0.29) is 11.3 Å². The van der Waals surface area contributed by atoms with Gasteiger partial charge < -0.3 is 5.32 Å². The number of rotatable bonds is 2. The molecule has 110 valence electrons. The summed E-state index contributed by atoms with van der Waals surface area (Å²) in [7, 11) is 1.48. The van der Waals surface area contributed by atoms with Gasteiger partial charge in [-0.1, -0.05) is 30.3 Å². The van der Waals surface area contributed by atoms with Crippen molar-refractivity contribution in [2.24, 2.45) is 0 Å². The van der Waals surface area contributed by atoms with E-state index in [9.17, 15) is 14.0 Å². The van der Waals surface area contributed by atoms with E-state index in [0.717, 1.165) is 4.68 Å². The third-order valence-electron chi connectivity index (χ3n) is 3.33. The highest BCUT2D eigenvalue weighted by molar-refractivity contribution is 6.09. The SMILES string of the molecule is CNC(=O)c1nn(C(=O)c2ccccc2F)c2ccccc12. The number of benzene rings is 2. The van der Waals surface area contributed by atoms with Gasteiger partial charge in [-0.25, -0.2) is 4.39 Å². The Morgan fingerprint density at radius 3 is 2.50 bits per heavy atom. The van der Waals surface area contributed by atoms with Gasteiger partial charge in [-0.2, -0.15) is 9.78 Å². The number of hydrogen-bond donors (Lipinski definition) is 1. The molecule has 3 aromatic rings. The number of fused-ring (bicyclic) bond motifs is 1. The number of amides is 1. The molecule has 1 aromatic heterocycles. The van der Waals surface area contributed by atoms with Crippen molar-refractivity contribution in [2.45, 2.75) is 0 Å². The van der Waals surface area contributed by atoms with Gasteiger partial charge in [0.15, 0.2) is 5.69 Å². The third-order valence-corrected chi connectivity index (χ3v) is 3.33. The first-order chi connectivity index (χ1) is 10.6. The monoisotopic (exact) mass is 297 g/mol. The number of aromatic nitrogens is 2. The van der Waals surface area contributed by atoms with Crippen molar-refractivity contribution in [3.8, 4) is 0 Å². The number of hydrogen-bond acceptors (Lipinski definition) is 3. The summed E-state index contributed by atoms with van der Waals surface area (Å²) in [5.74, 6) is -1.66. The van der Waals surface area contributed by atoms with Crippen LogP contribution in [0.2, 0.25) is 0 Å². The predicted molar refractivity (Wildman–Crippen MR) is 79.3 cm³/mol. The standard InChI is InChI=1S/C16H12FN3O2/c1-18-15(21)14-11-7-3-5-9-13(11)20(19-14)16(22)10-6-2-4-8-12(10)17/h2-9H,1H3,(H,18,21). The van der Waals surface area contributed by atoms with E-state index in [0.29, 0.717) is 10.9 Å². The van der Waals surface area contributed by atoms with Crippen LogP contribution >= 0.6 is 0 Å². The van der Waals surface area contributed by atoms with Crippen LogP contribution in [-0.4, -0.2) is 28.6 Å². The van der Waals surface area contributed by atoms with Gasteiger partial charge in [0.25, 0.3) is 11.8 Å². The average Bonchev–Trinajstić information content (AvgIpc) is 2.94. The molecule has 5 nitrogen and oxygen atoms in total. The number of nitrogens with one attached hydrogen (secondary N) is 1. The van der Waals surface area contributed by atoms with Crippen molar-refractivity contribution < 1.29 is 14.0 Å². The zero-order chi connectivity index (χ0) is 15.7. The first kappa shape index (κ1) is 13.9. The Hall–Kier alpha value is -3.02. The molecule has 0 aliphatic heterocycles. The lowest BCUT2D eigenvalue weighted by Crippen LogP contribution is -2.20. The summed E-state index contributed by atoms with van der Waals surface area (Å²) >= 11 is 0. The van der Waals surface area contributed by atoms with Gasteiger partial charge in [0.1, 0.15) is 5.82 Å². The highest BCUT2D eigenvalue weighted by Gasteiger charge is 2.21. The van der Waals surface area contributed by atoms with Crippen LogP contribution in [0.1, 0.15) is 20.8 Å². The van der Waals surface area contributed by atoms with Gasteiger partial charge in [-0.15, -0.1) is 0 Å². The molecule has 0 radical (unpaired) electrons. The zero-order valence-corrected chi connectivity index (χ0v) is 11.7. The van der Waals surface area contributed by atoms with Gasteiger partial charge in [-0.3, -0.25) is 9.59 Å². The minimum Gasteiger partial charge on any atom is -0.354 e. The summed E-state index contributed by atoms with van der Waals surface area (Å²) in [6, 6.07) is 12.5. The summed E-state index contributed by atoms with van der Waals surface area (Å²) in [4.78, 5) is 24.4. The van der Waals surface area contributed by atoms with E-state index in [1.54, 1.807) is 30.3 Å². The fourth-order valence-electron chi connectivity index (χ4n) is 2.26. The molecule has 22 heavy (non-hydrogen) atoms. The van der Waals surface area contributed by atoms with Crippen LogP contribution in [0, 0.1) is 5.82 Å². The number of halogens is 1. The van der Waals surface area contributed by atoms with Crippen molar-refractivity contribution in [1.82, 2.24) is 15.1 Å². The second-order valence-corrected chi connectivity index (χ2v) is 4.64. The molecule has 1 amide bonds. The summed E-state index contributed by atoms with van der Waals surface area (Å²) in [5.41, 5.74) is 0.483. The van der Waals surface area contributed by atoms with Crippen LogP contribution < -0.4 is 5.32 Å². The molecule has 6 heteroatoms. The first-order valence-corrected chi connectivity index (χ1v) is 6.62. The molecule has 0 spiro atoms. The van der Waals surface area contributed by atoms with Crippen LogP contribution in [0.15, 0.2) is 48.5 Å². The Morgan fingerprint density at radius 1 is 1.09 bits per heavy atom. The van der Waals surface area contributed by atoms with Crippen molar-refractivity contribution in [3.63, 3.8) is 0 Å². The number of para-hydroxylation sites is 1. The summed E-state index contributed by atoms with van der Waals surface area (Å²) < 4.78 is 14.9. The third kappa shape index (κ3) is 2.14. The number of carbonyl (C=O) groups excluding carboxylic acids is 2. The lowest BCUT2D eigenvalue weighted by atomic mass is 10.2. The molecule has 2 aromatic carbocycles. The van der Waals surface area contributed by atoms with Gasteiger partial charge >= 0.3 is 0 Å². The van der Waals surface area contributed by atoms with Gasteiger partial charge in [0, 0.05) is 12.4 Å². The van der Waals surface area contributed by atoms with Crippen LogP contribution in [0.25, 0.3) is 10.9 Å². The molecule has 1 heterocycles. The van der Waals surface area contributed by atoms with Crippen LogP contribution in [0.3, 0.4) is 0 Å². The van der Waals surface area contributed by atoms with Gasteiger partial charge in [-0.05, 0) is 18.2 Å². The zero-order valence-electron chi connectivity index (χ0n) is 11.7. The highest BCUT2D eigenvalue weighted by atomic mass is 19.1. The Balaban J connectivity index is 2.22. The Bertz CT molecular complexity index is 886. The Labute approximate surface area is 125 Å². The molecule has 1 N–H and O–H groups in total. The molecule has 0 bridgehead atoms. The summed E-state index contributed by atoms with van der Waals surface area (Å²) in [5, 5.41) is 7.08. The maximum atomic E-state index is 13.8. The average molecular weight is 297 g/mol.